The number of hydrogen-bond acceptors (Lipinski definition) is 4. The first-order valence-corrected chi connectivity index (χ1v) is 7.10. The minimum atomic E-state index is -0.102. The summed E-state index contributed by atoms with van der Waals surface area (Å²) in [5.74, 6) is -0.102. The Hall–Kier alpha value is -2.79. The van der Waals surface area contributed by atoms with Gasteiger partial charge in [-0.05, 0) is 30.3 Å². The predicted octanol–water partition coefficient (Wildman–Crippen LogP) is 2.50. The van der Waals surface area contributed by atoms with E-state index < -0.39 is 0 Å². The second kappa shape index (κ2) is 6.32. The molecule has 2 aromatic rings. The fourth-order valence-electron chi connectivity index (χ4n) is 2.32. The highest BCUT2D eigenvalue weighted by Gasteiger charge is 2.23. The van der Waals surface area contributed by atoms with E-state index in [0.717, 1.165) is 22.6 Å². The monoisotopic (exact) mass is 295 g/mol. The molecule has 0 saturated heterocycles. The summed E-state index contributed by atoms with van der Waals surface area (Å²) in [6.45, 7) is 0.619. The molecule has 5 heteroatoms. The van der Waals surface area contributed by atoms with Gasteiger partial charge in [-0.1, -0.05) is 18.2 Å². The first kappa shape index (κ1) is 14.2. The van der Waals surface area contributed by atoms with Gasteiger partial charge in [0.2, 0.25) is 0 Å². The maximum atomic E-state index is 12.0. The summed E-state index contributed by atoms with van der Waals surface area (Å²) in [6, 6.07) is 15.3. The van der Waals surface area contributed by atoms with Gasteiger partial charge in [0.25, 0.3) is 5.91 Å². The van der Waals surface area contributed by atoms with Crippen LogP contribution in [0.3, 0.4) is 0 Å². The van der Waals surface area contributed by atoms with Crippen molar-refractivity contribution in [3.8, 4) is 0 Å². The molecular weight excluding hydrogens is 278 g/mol. The standard InChI is InChI=1S/C17H17N3O2/c21-10-9-18-12-5-7-13(8-6-12)19-11-15-14-3-1-2-4-16(14)20-17(15)22/h1-8,11,18-19,21H,9-10H2,(H,20,22). The Labute approximate surface area is 128 Å². The van der Waals surface area contributed by atoms with E-state index >= 15 is 0 Å². The minimum absolute atomic E-state index is 0.0978. The van der Waals surface area contributed by atoms with Gasteiger partial charge in [0.15, 0.2) is 0 Å². The SMILES string of the molecule is O=C1Nc2ccccc2C1=CNc1ccc(NCCO)cc1. The summed E-state index contributed by atoms with van der Waals surface area (Å²) in [4.78, 5) is 12.0. The summed E-state index contributed by atoms with van der Waals surface area (Å²) in [5, 5.41) is 17.8. The maximum Gasteiger partial charge on any atom is 0.257 e. The smallest absolute Gasteiger partial charge is 0.257 e. The van der Waals surface area contributed by atoms with Gasteiger partial charge in [-0.25, -0.2) is 0 Å². The van der Waals surface area contributed by atoms with E-state index in [1.54, 1.807) is 6.20 Å². The average molecular weight is 295 g/mol. The van der Waals surface area contributed by atoms with Gasteiger partial charge >= 0.3 is 0 Å². The molecule has 0 fully saturated rings. The molecule has 0 aromatic heterocycles. The van der Waals surface area contributed by atoms with Crippen molar-refractivity contribution in [3.63, 3.8) is 0 Å². The Kier molecular flexibility index (Phi) is 4.07. The quantitative estimate of drug-likeness (QED) is 0.640. The van der Waals surface area contributed by atoms with E-state index in [2.05, 4.69) is 16.0 Å². The van der Waals surface area contributed by atoms with Crippen LogP contribution in [0, 0.1) is 0 Å². The fourth-order valence-corrected chi connectivity index (χ4v) is 2.32. The largest absolute Gasteiger partial charge is 0.395 e. The van der Waals surface area contributed by atoms with Crippen molar-refractivity contribution in [2.45, 2.75) is 0 Å². The van der Waals surface area contributed by atoms with Gasteiger partial charge in [-0.3, -0.25) is 4.79 Å². The number of hydrogen-bond donors (Lipinski definition) is 4. The molecule has 1 aliphatic heterocycles. The molecule has 1 amide bonds. The lowest BCUT2D eigenvalue weighted by Crippen LogP contribution is -2.06. The lowest BCUT2D eigenvalue weighted by molar-refractivity contribution is -0.110. The van der Waals surface area contributed by atoms with Crippen molar-refractivity contribution in [1.29, 1.82) is 0 Å². The van der Waals surface area contributed by atoms with Crippen LogP contribution < -0.4 is 16.0 Å². The number of para-hydroxylation sites is 1. The number of aliphatic hydroxyl groups excluding tert-OH is 1. The molecule has 22 heavy (non-hydrogen) atoms. The Morgan fingerprint density at radius 3 is 2.55 bits per heavy atom. The topological polar surface area (TPSA) is 73.4 Å². The average Bonchev–Trinajstić information content (AvgIpc) is 2.87. The number of amides is 1. The second-order valence-electron chi connectivity index (χ2n) is 4.93. The van der Waals surface area contributed by atoms with Crippen LogP contribution in [0.25, 0.3) is 5.57 Å². The third-order valence-corrected chi connectivity index (χ3v) is 3.42. The molecule has 0 radical (unpaired) electrons. The van der Waals surface area contributed by atoms with Crippen LogP contribution in [0.15, 0.2) is 54.7 Å². The van der Waals surface area contributed by atoms with Crippen LogP contribution in [0.5, 0.6) is 0 Å². The number of fused-ring (bicyclic) bond motifs is 1. The number of carbonyl (C=O) groups is 1. The molecule has 0 unspecified atom stereocenters. The number of aliphatic hydroxyl groups is 1. The number of benzene rings is 2. The number of anilines is 3. The van der Waals surface area contributed by atoms with Crippen molar-refractivity contribution < 1.29 is 9.90 Å². The normalized spacial score (nSPS) is 14.6. The molecule has 112 valence electrons. The number of rotatable bonds is 5. The third kappa shape index (κ3) is 2.94. The van der Waals surface area contributed by atoms with E-state index in [1.165, 1.54) is 0 Å². The Bertz CT molecular complexity index is 708. The molecule has 0 saturated carbocycles. The Balaban J connectivity index is 1.73. The molecular formula is C17H17N3O2. The fraction of sp³-hybridized carbons (Fsp3) is 0.118. The van der Waals surface area contributed by atoms with E-state index in [-0.39, 0.29) is 12.5 Å². The van der Waals surface area contributed by atoms with E-state index in [4.69, 9.17) is 5.11 Å². The summed E-state index contributed by atoms with van der Waals surface area (Å²) in [6.07, 6.45) is 1.72. The molecule has 2 aromatic carbocycles. The van der Waals surface area contributed by atoms with E-state index in [1.807, 2.05) is 48.5 Å². The third-order valence-electron chi connectivity index (χ3n) is 3.42. The van der Waals surface area contributed by atoms with Crippen molar-refractivity contribution in [2.75, 3.05) is 29.1 Å². The summed E-state index contributed by atoms with van der Waals surface area (Å²) < 4.78 is 0. The van der Waals surface area contributed by atoms with Crippen LogP contribution in [0.1, 0.15) is 5.56 Å². The van der Waals surface area contributed by atoms with Crippen LogP contribution in [-0.2, 0) is 4.79 Å². The highest BCUT2D eigenvalue weighted by atomic mass is 16.3. The zero-order chi connectivity index (χ0) is 15.4. The maximum absolute atomic E-state index is 12.0. The minimum Gasteiger partial charge on any atom is -0.395 e. The van der Waals surface area contributed by atoms with Crippen LogP contribution in [0.4, 0.5) is 17.1 Å². The predicted molar refractivity (Wildman–Crippen MR) is 88.7 cm³/mol. The van der Waals surface area contributed by atoms with Gasteiger partial charge in [0.1, 0.15) is 0 Å². The zero-order valence-electron chi connectivity index (χ0n) is 12.0. The second-order valence-corrected chi connectivity index (χ2v) is 4.93. The van der Waals surface area contributed by atoms with E-state index in [0.29, 0.717) is 12.1 Å². The summed E-state index contributed by atoms with van der Waals surface area (Å²) in [7, 11) is 0. The Morgan fingerprint density at radius 2 is 1.77 bits per heavy atom. The molecule has 0 atom stereocenters. The lowest BCUT2D eigenvalue weighted by atomic mass is 10.1. The van der Waals surface area contributed by atoms with Gasteiger partial charge in [-0.2, -0.15) is 0 Å². The van der Waals surface area contributed by atoms with Gasteiger partial charge < -0.3 is 21.1 Å². The lowest BCUT2D eigenvalue weighted by Gasteiger charge is -2.06. The molecule has 3 rings (SSSR count). The molecule has 5 nitrogen and oxygen atoms in total. The van der Waals surface area contributed by atoms with Crippen LogP contribution >= 0.6 is 0 Å². The van der Waals surface area contributed by atoms with Gasteiger partial charge in [0.05, 0.1) is 12.2 Å². The van der Waals surface area contributed by atoms with Crippen LogP contribution in [0.2, 0.25) is 0 Å². The van der Waals surface area contributed by atoms with Gasteiger partial charge in [-0.15, -0.1) is 0 Å². The molecule has 4 N–H and O–H groups in total. The zero-order valence-corrected chi connectivity index (χ0v) is 12.0. The highest BCUT2D eigenvalue weighted by Crippen LogP contribution is 2.31. The first-order valence-electron chi connectivity index (χ1n) is 7.10. The highest BCUT2D eigenvalue weighted by molar-refractivity contribution is 6.31. The number of carbonyl (C=O) groups excluding carboxylic acids is 1. The molecule has 0 aliphatic carbocycles. The summed E-state index contributed by atoms with van der Waals surface area (Å²) >= 11 is 0. The molecule has 1 heterocycles. The van der Waals surface area contributed by atoms with Crippen molar-refractivity contribution in [1.82, 2.24) is 0 Å². The molecule has 1 aliphatic rings. The van der Waals surface area contributed by atoms with Crippen molar-refractivity contribution in [2.24, 2.45) is 0 Å². The molecule has 0 bridgehead atoms. The summed E-state index contributed by atoms with van der Waals surface area (Å²) in [5.41, 5.74) is 4.19. The number of nitrogens with one attached hydrogen (secondary N) is 3. The van der Waals surface area contributed by atoms with Crippen molar-refractivity contribution >= 4 is 28.5 Å². The first-order chi connectivity index (χ1) is 10.8. The van der Waals surface area contributed by atoms with Crippen molar-refractivity contribution in [3.05, 3.63) is 60.3 Å². The van der Waals surface area contributed by atoms with Gasteiger partial charge in [0, 0.05) is 35.4 Å². The van der Waals surface area contributed by atoms with E-state index in [9.17, 15) is 4.79 Å². The molecule has 0 spiro atoms. The Morgan fingerprint density at radius 1 is 1.05 bits per heavy atom. The van der Waals surface area contributed by atoms with Crippen LogP contribution in [-0.4, -0.2) is 24.2 Å².